The number of fused-ring (bicyclic) bond motifs is 1. The summed E-state index contributed by atoms with van der Waals surface area (Å²) in [7, 11) is 0. The lowest BCUT2D eigenvalue weighted by Gasteiger charge is -2.27. The molecule has 0 amide bonds. The molecule has 1 aliphatic rings. The predicted molar refractivity (Wildman–Crippen MR) is 92.3 cm³/mol. The van der Waals surface area contributed by atoms with Crippen molar-refractivity contribution >= 4 is 47.8 Å². The lowest BCUT2D eigenvalue weighted by molar-refractivity contribution is 0.427. The number of nitrogens with one attached hydrogen (secondary N) is 1. The SMILES string of the molecule is Cl.NCc1c[nH]c(=S)n1[C@H]1CCc2cc(Cl)c(Cl)cc2C1. The van der Waals surface area contributed by atoms with E-state index in [1.807, 2.05) is 18.3 Å². The molecule has 1 aliphatic carbocycles. The first-order valence-corrected chi connectivity index (χ1v) is 7.72. The lowest BCUT2D eigenvalue weighted by Crippen LogP contribution is -2.21. The molecule has 114 valence electrons. The maximum atomic E-state index is 6.12. The molecule has 1 aromatic heterocycles. The van der Waals surface area contributed by atoms with Crippen molar-refractivity contribution in [1.82, 2.24) is 9.55 Å². The summed E-state index contributed by atoms with van der Waals surface area (Å²) in [6.45, 7) is 0.484. The van der Waals surface area contributed by atoms with E-state index in [9.17, 15) is 0 Å². The Bertz CT molecular complexity index is 708. The monoisotopic (exact) mass is 363 g/mol. The summed E-state index contributed by atoms with van der Waals surface area (Å²) in [6.07, 6.45) is 4.82. The van der Waals surface area contributed by atoms with Crippen LogP contribution in [-0.4, -0.2) is 9.55 Å². The number of aromatic amines is 1. The number of hydrogen-bond acceptors (Lipinski definition) is 2. The van der Waals surface area contributed by atoms with Crippen molar-refractivity contribution in [3.8, 4) is 0 Å². The first-order valence-electron chi connectivity index (χ1n) is 6.55. The van der Waals surface area contributed by atoms with E-state index in [0.717, 1.165) is 29.7 Å². The number of hydrogen-bond donors (Lipinski definition) is 2. The number of aromatic nitrogens is 2. The Kier molecular flexibility index (Phi) is 5.38. The molecule has 0 bridgehead atoms. The molecule has 7 heteroatoms. The number of rotatable bonds is 2. The number of nitrogens with zero attached hydrogens (tertiary/aromatic N) is 1. The molecular formula is C14H16Cl3N3S. The molecule has 1 aromatic carbocycles. The molecule has 2 aromatic rings. The van der Waals surface area contributed by atoms with E-state index in [2.05, 4.69) is 9.55 Å². The van der Waals surface area contributed by atoms with Gasteiger partial charge in [0.15, 0.2) is 4.77 Å². The van der Waals surface area contributed by atoms with Crippen molar-refractivity contribution in [2.75, 3.05) is 0 Å². The summed E-state index contributed by atoms with van der Waals surface area (Å²) in [5, 5.41) is 1.24. The Labute approximate surface area is 144 Å². The van der Waals surface area contributed by atoms with Gasteiger partial charge >= 0.3 is 0 Å². The largest absolute Gasteiger partial charge is 0.337 e. The number of imidazole rings is 1. The van der Waals surface area contributed by atoms with Crippen LogP contribution in [0.4, 0.5) is 0 Å². The molecule has 1 heterocycles. The smallest absolute Gasteiger partial charge is 0.177 e. The molecule has 0 fully saturated rings. The molecule has 3 N–H and O–H groups in total. The van der Waals surface area contributed by atoms with E-state index in [0.29, 0.717) is 22.6 Å². The third-order valence-electron chi connectivity index (χ3n) is 3.91. The first-order chi connectivity index (χ1) is 9.60. The highest BCUT2D eigenvalue weighted by Crippen LogP contribution is 2.34. The highest BCUT2D eigenvalue weighted by atomic mass is 35.5. The van der Waals surface area contributed by atoms with Gasteiger partial charge in [0.1, 0.15) is 0 Å². The standard InChI is InChI=1S/C14H15Cl2N3S.ClH/c15-12-4-8-1-2-10(3-9(8)5-13(12)16)19-11(6-17)7-18-14(19)20;/h4-5,7,10H,1-3,6,17H2,(H,18,20);1H/t10-;/m0./s1. The molecule has 1 atom stereocenters. The van der Waals surface area contributed by atoms with E-state index in [-0.39, 0.29) is 12.4 Å². The summed E-state index contributed by atoms with van der Waals surface area (Å²) >= 11 is 17.6. The number of halogens is 3. The summed E-state index contributed by atoms with van der Waals surface area (Å²) in [6, 6.07) is 4.29. The van der Waals surface area contributed by atoms with Crippen LogP contribution in [0, 0.1) is 4.77 Å². The minimum absolute atomic E-state index is 0. The fraction of sp³-hybridized carbons (Fsp3) is 0.357. The third-order valence-corrected chi connectivity index (χ3v) is 4.95. The highest BCUT2D eigenvalue weighted by Gasteiger charge is 2.23. The molecule has 3 nitrogen and oxygen atoms in total. The molecule has 0 unspecified atom stereocenters. The molecule has 0 saturated carbocycles. The zero-order valence-corrected chi connectivity index (χ0v) is 14.4. The zero-order chi connectivity index (χ0) is 14.3. The Balaban J connectivity index is 0.00000161. The molecule has 3 rings (SSSR count). The molecular weight excluding hydrogens is 349 g/mol. The Morgan fingerprint density at radius 2 is 1.95 bits per heavy atom. The van der Waals surface area contributed by atoms with Crippen molar-refractivity contribution < 1.29 is 0 Å². The van der Waals surface area contributed by atoms with Crippen LogP contribution >= 0.6 is 47.8 Å². The zero-order valence-electron chi connectivity index (χ0n) is 11.2. The highest BCUT2D eigenvalue weighted by molar-refractivity contribution is 7.71. The van der Waals surface area contributed by atoms with Crippen molar-refractivity contribution in [3.05, 3.63) is 50.0 Å². The van der Waals surface area contributed by atoms with E-state index >= 15 is 0 Å². The maximum Gasteiger partial charge on any atom is 0.177 e. The van der Waals surface area contributed by atoms with Crippen LogP contribution in [0.3, 0.4) is 0 Å². The number of nitrogens with two attached hydrogens (primary N) is 1. The van der Waals surface area contributed by atoms with E-state index < -0.39 is 0 Å². The molecule has 0 radical (unpaired) electrons. The predicted octanol–water partition coefficient (Wildman–Crippen LogP) is 4.46. The second-order valence-corrected chi connectivity index (χ2v) is 6.29. The van der Waals surface area contributed by atoms with Crippen molar-refractivity contribution in [2.45, 2.75) is 31.8 Å². The van der Waals surface area contributed by atoms with Gasteiger partial charge in [0.25, 0.3) is 0 Å². The molecule has 21 heavy (non-hydrogen) atoms. The fourth-order valence-corrected chi connectivity index (χ4v) is 3.62. The second-order valence-electron chi connectivity index (χ2n) is 5.09. The van der Waals surface area contributed by atoms with Crippen LogP contribution in [0.1, 0.15) is 29.3 Å². The second kappa shape index (κ2) is 6.71. The minimum Gasteiger partial charge on any atom is -0.337 e. The van der Waals surface area contributed by atoms with Crippen LogP contribution in [0.25, 0.3) is 0 Å². The molecule has 0 saturated heterocycles. The van der Waals surface area contributed by atoms with Gasteiger partial charge in [-0.2, -0.15) is 0 Å². The van der Waals surface area contributed by atoms with Crippen molar-refractivity contribution in [2.24, 2.45) is 5.73 Å². The van der Waals surface area contributed by atoms with Crippen molar-refractivity contribution in [3.63, 3.8) is 0 Å². The van der Waals surface area contributed by atoms with Gasteiger partial charge in [0.05, 0.1) is 15.7 Å². The summed E-state index contributed by atoms with van der Waals surface area (Å²) < 4.78 is 2.87. The lowest BCUT2D eigenvalue weighted by atomic mass is 9.88. The van der Waals surface area contributed by atoms with Crippen LogP contribution in [0.15, 0.2) is 18.3 Å². The van der Waals surface area contributed by atoms with Gasteiger partial charge < -0.3 is 15.3 Å². The van der Waals surface area contributed by atoms with Gasteiger partial charge in [-0.05, 0) is 54.7 Å². The fourth-order valence-electron chi connectivity index (χ4n) is 2.92. The van der Waals surface area contributed by atoms with E-state index in [1.54, 1.807) is 0 Å². The Morgan fingerprint density at radius 3 is 2.62 bits per heavy atom. The maximum absolute atomic E-state index is 6.12. The Morgan fingerprint density at radius 1 is 1.29 bits per heavy atom. The van der Waals surface area contributed by atoms with Gasteiger partial charge in [-0.1, -0.05) is 23.2 Å². The first kappa shape index (κ1) is 16.8. The normalized spacial score (nSPS) is 17.2. The summed E-state index contributed by atoms with van der Waals surface area (Å²) in [5.41, 5.74) is 9.36. The number of aryl methyl sites for hydroxylation is 1. The third kappa shape index (κ3) is 3.15. The average Bonchev–Trinajstić information content (AvgIpc) is 2.81. The van der Waals surface area contributed by atoms with Gasteiger partial charge in [-0.3, -0.25) is 0 Å². The summed E-state index contributed by atoms with van der Waals surface area (Å²) in [5.74, 6) is 0. The van der Waals surface area contributed by atoms with Gasteiger partial charge in [0.2, 0.25) is 0 Å². The average molecular weight is 365 g/mol. The van der Waals surface area contributed by atoms with Crippen LogP contribution in [-0.2, 0) is 19.4 Å². The van der Waals surface area contributed by atoms with Crippen LogP contribution in [0.2, 0.25) is 10.0 Å². The quantitative estimate of drug-likeness (QED) is 0.773. The number of benzene rings is 1. The van der Waals surface area contributed by atoms with Gasteiger partial charge in [0, 0.05) is 18.8 Å². The van der Waals surface area contributed by atoms with Crippen LogP contribution < -0.4 is 5.73 Å². The van der Waals surface area contributed by atoms with Gasteiger partial charge in [-0.25, -0.2) is 0 Å². The van der Waals surface area contributed by atoms with E-state index in [1.165, 1.54) is 11.1 Å². The minimum atomic E-state index is 0. The van der Waals surface area contributed by atoms with E-state index in [4.69, 9.17) is 41.2 Å². The summed E-state index contributed by atoms with van der Waals surface area (Å²) in [4.78, 5) is 3.08. The van der Waals surface area contributed by atoms with Crippen LogP contribution in [0.5, 0.6) is 0 Å². The molecule has 0 aliphatic heterocycles. The Hall–Kier alpha value is -0.520. The number of H-pyrrole nitrogens is 1. The topological polar surface area (TPSA) is 46.7 Å². The van der Waals surface area contributed by atoms with Crippen molar-refractivity contribution in [1.29, 1.82) is 0 Å². The van der Waals surface area contributed by atoms with Gasteiger partial charge in [-0.15, -0.1) is 12.4 Å². The molecule has 0 spiro atoms.